The minimum atomic E-state index is -0.447. The van der Waals surface area contributed by atoms with Crippen LogP contribution in [0.25, 0.3) is 0 Å². The Bertz CT molecular complexity index is 494. The first-order valence-corrected chi connectivity index (χ1v) is 6.75. The van der Waals surface area contributed by atoms with Gasteiger partial charge in [-0.1, -0.05) is 0 Å². The molecule has 2 fully saturated rings. The van der Waals surface area contributed by atoms with E-state index in [-0.39, 0.29) is 0 Å². The number of hydrogen-bond donors (Lipinski definition) is 1. The van der Waals surface area contributed by atoms with Gasteiger partial charge in [-0.2, -0.15) is 0 Å². The molecule has 0 atom stereocenters. The molecule has 0 bridgehead atoms. The molecule has 20 heavy (non-hydrogen) atoms. The average molecular weight is 278 g/mol. The van der Waals surface area contributed by atoms with Crippen molar-refractivity contribution < 1.29 is 19.0 Å². The van der Waals surface area contributed by atoms with E-state index in [1.165, 1.54) is 0 Å². The Balaban J connectivity index is 1.96. The number of hydrogen-bond acceptors (Lipinski definition) is 5. The fourth-order valence-electron chi connectivity index (χ4n) is 2.53. The quantitative estimate of drug-likeness (QED) is 0.879. The highest BCUT2D eigenvalue weighted by Crippen LogP contribution is 2.33. The van der Waals surface area contributed by atoms with Crippen molar-refractivity contribution >= 4 is 11.6 Å². The molecule has 2 saturated heterocycles. The lowest BCUT2D eigenvalue weighted by atomic mass is 10.1. The Labute approximate surface area is 117 Å². The molecule has 2 aliphatic heterocycles. The highest BCUT2D eigenvalue weighted by molar-refractivity contribution is 5.93. The number of ether oxygens (including phenoxy) is 3. The maximum atomic E-state index is 11.4. The van der Waals surface area contributed by atoms with E-state index in [2.05, 4.69) is 4.90 Å². The second-order valence-corrected chi connectivity index (χ2v) is 4.81. The summed E-state index contributed by atoms with van der Waals surface area (Å²) in [5.74, 6) is -0.447. The van der Waals surface area contributed by atoms with Crippen LogP contribution in [-0.2, 0) is 14.2 Å². The van der Waals surface area contributed by atoms with Crippen molar-refractivity contribution in [1.29, 1.82) is 0 Å². The number of anilines is 1. The Hall–Kier alpha value is -1.63. The molecule has 0 unspecified atom stereocenters. The average Bonchev–Trinajstić information content (AvgIpc) is 3.01. The van der Waals surface area contributed by atoms with E-state index in [1.807, 2.05) is 6.07 Å². The molecule has 0 radical (unpaired) electrons. The third-order valence-electron chi connectivity index (χ3n) is 3.54. The summed E-state index contributed by atoms with van der Waals surface area (Å²) < 4.78 is 16.5. The van der Waals surface area contributed by atoms with Gasteiger partial charge in [-0.3, -0.25) is 4.79 Å². The zero-order valence-corrected chi connectivity index (χ0v) is 11.2. The third-order valence-corrected chi connectivity index (χ3v) is 3.54. The van der Waals surface area contributed by atoms with Gasteiger partial charge >= 0.3 is 0 Å². The topological polar surface area (TPSA) is 74.0 Å². The highest BCUT2D eigenvalue weighted by Gasteiger charge is 2.25. The molecule has 2 aliphatic rings. The summed E-state index contributed by atoms with van der Waals surface area (Å²) in [7, 11) is 0. The van der Waals surface area contributed by atoms with E-state index < -0.39 is 12.2 Å². The van der Waals surface area contributed by atoms with Crippen LogP contribution in [0.15, 0.2) is 18.2 Å². The fraction of sp³-hybridized carbons (Fsp3) is 0.500. The summed E-state index contributed by atoms with van der Waals surface area (Å²) in [5.41, 5.74) is 7.70. The van der Waals surface area contributed by atoms with Crippen molar-refractivity contribution in [3.63, 3.8) is 0 Å². The maximum absolute atomic E-state index is 11.4. The molecule has 1 amide bonds. The first kappa shape index (κ1) is 13.4. The molecule has 1 aromatic rings. The van der Waals surface area contributed by atoms with Gasteiger partial charge in [-0.15, -0.1) is 0 Å². The van der Waals surface area contributed by atoms with Crippen molar-refractivity contribution in [3.05, 3.63) is 29.3 Å². The first-order chi connectivity index (χ1) is 9.75. The largest absolute Gasteiger partial charge is 0.378 e. The Kier molecular flexibility index (Phi) is 3.86. The van der Waals surface area contributed by atoms with Crippen LogP contribution in [-0.4, -0.2) is 45.4 Å². The number of carbonyl (C=O) groups is 1. The van der Waals surface area contributed by atoms with Gasteiger partial charge in [0.2, 0.25) is 5.91 Å². The summed E-state index contributed by atoms with van der Waals surface area (Å²) in [6.07, 6.45) is -0.424. The van der Waals surface area contributed by atoms with Crippen LogP contribution in [0, 0.1) is 0 Å². The second kappa shape index (κ2) is 5.78. The molecule has 2 heterocycles. The lowest BCUT2D eigenvalue weighted by Crippen LogP contribution is -2.37. The maximum Gasteiger partial charge on any atom is 0.248 e. The number of rotatable bonds is 3. The molecule has 1 aromatic carbocycles. The first-order valence-electron chi connectivity index (χ1n) is 6.75. The Morgan fingerprint density at radius 3 is 2.50 bits per heavy atom. The molecule has 6 heteroatoms. The normalized spacial score (nSPS) is 20.3. The number of benzene rings is 1. The van der Waals surface area contributed by atoms with E-state index in [1.54, 1.807) is 12.1 Å². The van der Waals surface area contributed by atoms with E-state index in [4.69, 9.17) is 19.9 Å². The van der Waals surface area contributed by atoms with Crippen LogP contribution in [0.4, 0.5) is 5.69 Å². The SMILES string of the molecule is NC(=O)c1ccc(N2CCOCC2)c(C2OCCO2)c1. The summed E-state index contributed by atoms with van der Waals surface area (Å²) in [4.78, 5) is 13.6. The summed E-state index contributed by atoms with van der Waals surface area (Å²) in [6, 6.07) is 5.42. The Morgan fingerprint density at radius 1 is 1.15 bits per heavy atom. The van der Waals surface area contributed by atoms with Crippen LogP contribution in [0.3, 0.4) is 0 Å². The number of amides is 1. The number of carbonyl (C=O) groups excluding carboxylic acids is 1. The van der Waals surface area contributed by atoms with Crippen molar-refractivity contribution in [3.8, 4) is 0 Å². The summed E-state index contributed by atoms with van der Waals surface area (Å²) in [6.45, 7) is 4.15. The van der Waals surface area contributed by atoms with Gasteiger partial charge in [0.05, 0.1) is 26.4 Å². The predicted molar refractivity (Wildman–Crippen MR) is 72.6 cm³/mol. The zero-order valence-electron chi connectivity index (χ0n) is 11.2. The summed E-state index contributed by atoms with van der Waals surface area (Å²) in [5, 5.41) is 0. The van der Waals surface area contributed by atoms with Gasteiger partial charge in [-0.05, 0) is 18.2 Å². The van der Waals surface area contributed by atoms with Crippen molar-refractivity contribution in [2.75, 3.05) is 44.4 Å². The van der Waals surface area contributed by atoms with Crippen molar-refractivity contribution in [2.24, 2.45) is 5.73 Å². The number of morpholine rings is 1. The van der Waals surface area contributed by atoms with Crippen LogP contribution in [0.5, 0.6) is 0 Å². The molecule has 0 aromatic heterocycles. The fourth-order valence-corrected chi connectivity index (χ4v) is 2.53. The number of nitrogens with two attached hydrogens (primary N) is 1. The number of nitrogens with zero attached hydrogens (tertiary/aromatic N) is 1. The highest BCUT2D eigenvalue weighted by atomic mass is 16.7. The van der Waals surface area contributed by atoms with E-state index in [9.17, 15) is 4.79 Å². The van der Waals surface area contributed by atoms with Crippen molar-refractivity contribution in [2.45, 2.75) is 6.29 Å². The van der Waals surface area contributed by atoms with Gasteiger partial charge in [0, 0.05) is 29.9 Å². The van der Waals surface area contributed by atoms with E-state index in [0.29, 0.717) is 32.0 Å². The minimum absolute atomic E-state index is 0.424. The molecular formula is C14H18N2O4. The Morgan fingerprint density at radius 2 is 1.85 bits per heavy atom. The third kappa shape index (κ3) is 2.63. The molecule has 0 aliphatic carbocycles. The van der Waals surface area contributed by atoms with Crippen LogP contribution in [0.2, 0.25) is 0 Å². The number of primary amides is 1. The van der Waals surface area contributed by atoms with Gasteiger partial charge in [0.1, 0.15) is 0 Å². The minimum Gasteiger partial charge on any atom is -0.378 e. The second-order valence-electron chi connectivity index (χ2n) is 4.81. The van der Waals surface area contributed by atoms with Crippen LogP contribution in [0.1, 0.15) is 22.2 Å². The smallest absolute Gasteiger partial charge is 0.248 e. The summed E-state index contributed by atoms with van der Waals surface area (Å²) >= 11 is 0. The monoisotopic (exact) mass is 278 g/mol. The van der Waals surface area contributed by atoms with Gasteiger partial charge in [-0.25, -0.2) is 0 Å². The molecule has 108 valence electrons. The van der Waals surface area contributed by atoms with Gasteiger partial charge < -0.3 is 24.8 Å². The van der Waals surface area contributed by atoms with E-state index in [0.717, 1.165) is 24.3 Å². The lowest BCUT2D eigenvalue weighted by Gasteiger charge is -2.31. The predicted octanol–water partition coefficient (Wildman–Crippen LogP) is 0.667. The van der Waals surface area contributed by atoms with Gasteiger partial charge in [0.15, 0.2) is 6.29 Å². The van der Waals surface area contributed by atoms with Crippen LogP contribution >= 0.6 is 0 Å². The van der Waals surface area contributed by atoms with Gasteiger partial charge in [0.25, 0.3) is 0 Å². The molecular weight excluding hydrogens is 260 g/mol. The molecule has 0 spiro atoms. The molecule has 6 nitrogen and oxygen atoms in total. The van der Waals surface area contributed by atoms with Crippen molar-refractivity contribution in [1.82, 2.24) is 0 Å². The molecule has 2 N–H and O–H groups in total. The zero-order chi connectivity index (χ0) is 13.9. The standard InChI is InChI=1S/C14H18N2O4/c15-13(17)10-1-2-12(16-3-5-18-6-4-16)11(9-10)14-19-7-8-20-14/h1-2,9,14H,3-8H2,(H2,15,17). The molecule has 0 saturated carbocycles. The van der Waals surface area contributed by atoms with Crippen LogP contribution < -0.4 is 10.6 Å². The molecule has 3 rings (SSSR count). The lowest BCUT2D eigenvalue weighted by molar-refractivity contribution is -0.0438. The van der Waals surface area contributed by atoms with E-state index >= 15 is 0 Å².